The Morgan fingerprint density at radius 3 is 3.00 bits per heavy atom. The Morgan fingerprint density at radius 1 is 1.26 bits per heavy atom. The lowest BCUT2D eigenvalue weighted by Gasteiger charge is -2.07. The predicted octanol–water partition coefficient (Wildman–Crippen LogP) is 2.86. The molecule has 5 nitrogen and oxygen atoms in total. The number of carbonyl (C=O) groups excluding carboxylic acids is 1. The number of nitrogens with zero attached hydrogens (tertiary/aromatic N) is 2. The van der Waals surface area contributed by atoms with Gasteiger partial charge in [0.15, 0.2) is 0 Å². The molecule has 0 aliphatic heterocycles. The number of H-pyrrole nitrogens is 1. The van der Waals surface area contributed by atoms with E-state index in [0.29, 0.717) is 16.3 Å². The van der Waals surface area contributed by atoms with E-state index in [9.17, 15) is 4.79 Å². The van der Waals surface area contributed by atoms with Gasteiger partial charge in [-0.05, 0) is 12.1 Å². The second-order valence-corrected chi connectivity index (χ2v) is 4.36. The summed E-state index contributed by atoms with van der Waals surface area (Å²) < 4.78 is 0. The number of para-hydroxylation sites is 1. The Kier molecular flexibility index (Phi) is 2.89. The van der Waals surface area contributed by atoms with Gasteiger partial charge in [-0.3, -0.25) is 14.9 Å². The Labute approximate surface area is 113 Å². The maximum atomic E-state index is 12.1. The zero-order valence-electron chi connectivity index (χ0n) is 9.72. The van der Waals surface area contributed by atoms with Gasteiger partial charge in [0, 0.05) is 17.8 Å². The van der Waals surface area contributed by atoms with E-state index in [1.165, 1.54) is 12.4 Å². The van der Waals surface area contributed by atoms with Crippen LogP contribution in [0.1, 0.15) is 10.4 Å². The molecule has 0 atom stereocenters. The summed E-state index contributed by atoms with van der Waals surface area (Å²) in [6, 6.07) is 7.12. The zero-order chi connectivity index (χ0) is 13.2. The van der Waals surface area contributed by atoms with Crippen molar-refractivity contribution in [2.24, 2.45) is 0 Å². The molecule has 2 N–H and O–H groups in total. The lowest BCUT2D eigenvalue weighted by Crippen LogP contribution is -2.13. The van der Waals surface area contributed by atoms with Crippen molar-refractivity contribution in [3.63, 3.8) is 0 Å². The van der Waals surface area contributed by atoms with E-state index in [1.54, 1.807) is 18.3 Å². The first kappa shape index (κ1) is 11.7. The van der Waals surface area contributed by atoms with E-state index in [0.717, 1.165) is 10.9 Å². The molecule has 1 amide bonds. The molecule has 2 heterocycles. The molecule has 0 aliphatic rings. The highest BCUT2D eigenvalue weighted by atomic mass is 35.5. The smallest absolute Gasteiger partial charge is 0.258 e. The summed E-state index contributed by atoms with van der Waals surface area (Å²) in [4.78, 5) is 16.0. The first-order chi connectivity index (χ1) is 9.25. The maximum absolute atomic E-state index is 12.1. The topological polar surface area (TPSA) is 70.7 Å². The van der Waals surface area contributed by atoms with Crippen LogP contribution in [0.3, 0.4) is 0 Å². The third kappa shape index (κ3) is 2.15. The van der Waals surface area contributed by atoms with Gasteiger partial charge < -0.3 is 5.32 Å². The number of anilines is 1. The van der Waals surface area contributed by atoms with Gasteiger partial charge in [-0.15, -0.1) is 0 Å². The largest absolute Gasteiger partial charge is 0.320 e. The number of pyridine rings is 1. The number of nitrogens with one attached hydrogen (secondary N) is 2. The summed E-state index contributed by atoms with van der Waals surface area (Å²) in [5, 5.41) is 10.9. The summed E-state index contributed by atoms with van der Waals surface area (Å²) in [5.41, 5.74) is 1.76. The zero-order valence-corrected chi connectivity index (χ0v) is 10.5. The fourth-order valence-corrected chi connectivity index (χ4v) is 2.00. The molecule has 0 saturated carbocycles. The molecular weight excluding hydrogens is 264 g/mol. The van der Waals surface area contributed by atoms with E-state index < -0.39 is 0 Å². The molecule has 0 spiro atoms. The van der Waals surface area contributed by atoms with Crippen molar-refractivity contribution in [1.29, 1.82) is 0 Å². The fourth-order valence-electron chi connectivity index (χ4n) is 1.81. The van der Waals surface area contributed by atoms with Crippen molar-refractivity contribution in [1.82, 2.24) is 15.2 Å². The first-order valence-corrected chi connectivity index (χ1v) is 5.96. The number of hydrogen-bond acceptors (Lipinski definition) is 3. The van der Waals surface area contributed by atoms with Crippen LogP contribution in [0.5, 0.6) is 0 Å². The molecule has 6 heteroatoms. The van der Waals surface area contributed by atoms with Gasteiger partial charge >= 0.3 is 0 Å². The minimum atomic E-state index is -0.305. The monoisotopic (exact) mass is 272 g/mol. The van der Waals surface area contributed by atoms with Gasteiger partial charge in [-0.2, -0.15) is 5.10 Å². The van der Waals surface area contributed by atoms with Crippen molar-refractivity contribution in [3.8, 4) is 0 Å². The van der Waals surface area contributed by atoms with Gasteiger partial charge in [0.2, 0.25) is 0 Å². The molecule has 19 heavy (non-hydrogen) atoms. The van der Waals surface area contributed by atoms with Gasteiger partial charge in [0.1, 0.15) is 0 Å². The SMILES string of the molecule is O=C(Nc1cccc2cn[nH]c12)c1cnccc1Cl. The Bertz CT molecular complexity index is 753. The van der Waals surface area contributed by atoms with Gasteiger partial charge in [0.05, 0.1) is 28.0 Å². The lowest BCUT2D eigenvalue weighted by molar-refractivity contribution is 0.102. The van der Waals surface area contributed by atoms with E-state index in [1.807, 2.05) is 12.1 Å². The van der Waals surface area contributed by atoms with Crippen molar-refractivity contribution in [3.05, 3.63) is 53.4 Å². The van der Waals surface area contributed by atoms with Crippen LogP contribution in [-0.4, -0.2) is 21.1 Å². The molecule has 0 aliphatic carbocycles. The average Bonchev–Trinajstić information content (AvgIpc) is 2.88. The molecule has 1 aromatic carbocycles. The van der Waals surface area contributed by atoms with Crippen LogP contribution in [0.2, 0.25) is 5.02 Å². The number of hydrogen-bond donors (Lipinski definition) is 2. The van der Waals surface area contributed by atoms with Crippen molar-refractivity contribution in [2.45, 2.75) is 0 Å². The number of benzene rings is 1. The maximum Gasteiger partial charge on any atom is 0.258 e. The number of carbonyl (C=O) groups is 1. The second-order valence-electron chi connectivity index (χ2n) is 3.95. The Hall–Kier alpha value is -2.40. The van der Waals surface area contributed by atoms with E-state index >= 15 is 0 Å². The van der Waals surface area contributed by atoms with Crippen molar-refractivity contribution in [2.75, 3.05) is 5.32 Å². The first-order valence-electron chi connectivity index (χ1n) is 5.58. The standard InChI is InChI=1S/C13H9ClN4O/c14-10-4-5-15-7-9(10)13(19)17-11-3-1-2-8-6-16-18-12(8)11/h1-7H,(H,16,18)(H,17,19). The summed E-state index contributed by atoms with van der Waals surface area (Å²) in [6.07, 6.45) is 4.67. The number of fused-ring (bicyclic) bond motifs is 1. The minimum Gasteiger partial charge on any atom is -0.320 e. The summed E-state index contributed by atoms with van der Waals surface area (Å²) in [6.45, 7) is 0. The molecule has 0 fully saturated rings. The Balaban J connectivity index is 1.95. The van der Waals surface area contributed by atoms with Gasteiger partial charge in [0.25, 0.3) is 5.91 Å². The van der Waals surface area contributed by atoms with Crippen molar-refractivity contribution >= 4 is 34.1 Å². The third-order valence-corrected chi connectivity index (χ3v) is 3.07. The minimum absolute atomic E-state index is 0.305. The van der Waals surface area contributed by atoms with Crippen LogP contribution < -0.4 is 5.32 Å². The van der Waals surface area contributed by atoms with E-state index in [-0.39, 0.29) is 5.91 Å². The summed E-state index contributed by atoms with van der Waals surface area (Å²) >= 11 is 5.96. The van der Waals surface area contributed by atoms with Gasteiger partial charge in [-0.1, -0.05) is 23.7 Å². The normalized spacial score (nSPS) is 10.6. The number of aromatic amines is 1. The highest BCUT2D eigenvalue weighted by molar-refractivity contribution is 6.34. The second kappa shape index (κ2) is 4.70. The molecule has 0 unspecified atom stereocenters. The van der Waals surface area contributed by atoms with E-state index in [2.05, 4.69) is 20.5 Å². The third-order valence-electron chi connectivity index (χ3n) is 2.74. The predicted molar refractivity (Wildman–Crippen MR) is 73.3 cm³/mol. The lowest BCUT2D eigenvalue weighted by atomic mass is 10.2. The van der Waals surface area contributed by atoms with Crippen LogP contribution >= 0.6 is 11.6 Å². The van der Waals surface area contributed by atoms with Gasteiger partial charge in [-0.25, -0.2) is 0 Å². The van der Waals surface area contributed by atoms with Crippen LogP contribution in [0.15, 0.2) is 42.9 Å². The number of amides is 1. The van der Waals surface area contributed by atoms with Crippen molar-refractivity contribution < 1.29 is 4.79 Å². The quantitative estimate of drug-likeness (QED) is 0.753. The van der Waals surface area contributed by atoms with Crippen LogP contribution in [0.4, 0.5) is 5.69 Å². The average molecular weight is 273 g/mol. The highest BCUT2D eigenvalue weighted by Crippen LogP contribution is 2.22. The van der Waals surface area contributed by atoms with Crippen LogP contribution in [-0.2, 0) is 0 Å². The molecule has 0 bridgehead atoms. The molecule has 3 aromatic rings. The Morgan fingerprint density at radius 2 is 2.16 bits per heavy atom. The molecular formula is C13H9ClN4O. The number of rotatable bonds is 2. The van der Waals surface area contributed by atoms with Crippen LogP contribution in [0.25, 0.3) is 10.9 Å². The molecule has 3 rings (SSSR count). The highest BCUT2D eigenvalue weighted by Gasteiger charge is 2.12. The summed E-state index contributed by atoms with van der Waals surface area (Å²) in [7, 11) is 0. The number of halogens is 1. The molecule has 94 valence electrons. The van der Waals surface area contributed by atoms with Crippen LogP contribution in [0, 0.1) is 0 Å². The molecule has 0 saturated heterocycles. The summed E-state index contributed by atoms with van der Waals surface area (Å²) in [5.74, 6) is -0.305. The number of aromatic nitrogens is 3. The molecule has 0 radical (unpaired) electrons. The van der Waals surface area contributed by atoms with E-state index in [4.69, 9.17) is 11.6 Å². The fraction of sp³-hybridized carbons (Fsp3) is 0. The molecule has 2 aromatic heterocycles.